The summed E-state index contributed by atoms with van der Waals surface area (Å²) < 4.78 is 5.47. The number of hydrogen-bond donors (Lipinski definition) is 3. The van der Waals surface area contributed by atoms with Crippen LogP contribution in [0.25, 0.3) is 11.1 Å². The molecule has 0 unspecified atom stereocenters. The molecule has 34 heavy (non-hydrogen) atoms. The zero-order valence-corrected chi connectivity index (χ0v) is 17.9. The number of benzene rings is 2. The Morgan fingerprint density at radius 2 is 1.56 bits per heavy atom. The number of carbonyl (C=O) groups is 3. The maximum absolute atomic E-state index is 12.3. The molecule has 0 bridgehead atoms. The molecule has 3 aromatic rings. The summed E-state index contributed by atoms with van der Waals surface area (Å²) in [6.45, 7) is 0.115. The van der Waals surface area contributed by atoms with E-state index in [-0.39, 0.29) is 31.2 Å². The minimum Gasteiger partial charge on any atom is -0.472 e. The molecule has 0 saturated heterocycles. The van der Waals surface area contributed by atoms with Gasteiger partial charge in [0.2, 0.25) is 0 Å². The second-order valence-corrected chi connectivity index (χ2v) is 7.36. The Morgan fingerprint density at radius 1 is 0.941 bits per heavy atom. The molecule has 2 amide bonds. The van der Waals surface area contributed by atoms with Gasteiger partial charge in [-0.15, -0.1) is 0 Å². The molecule has 1 aromatic heterocycles. The Labute approximate surface area is 195 Å². The van der Waals surface area contributed by atoms with Gasteiger partial charge in [-0.2, -0.15) is 0 Å². The van der Waals surface area contributed by atoms with E-state index in [4.69, 9.17) is 9.84 Å². The minimum absolute atomic E-state index is 0.0304. The molecule has 0 radical (unpaired) electrons. The van der Waals surface area contributed by atoms with Gasteiger partial charge < -0.3 is 20.5 Å². The monoisotopic (exact) mass is 456 g/mol. The van der Waals surface area contributed by atoms with Crippen LogP contribution in [0, 0.1) is 11.8 Å². The van der Waals surface area contributed by atoms with Crippen molar-refractivity contribution in [2.45, 2.75) is 12.5 Å². The first-order chi connectivity index (χ1) is 16.5. The Bertz CT molecular complexity index is 1250. The van der Waals surface area contributed by atoms with Gasteiger partial charge in [-0.3, -0.25) is 4.79 Å². The summed E-state index contributed by atoms with van der Waals surface area (Å²) in [5, 5.41) is 13.5. The molecule has 9 nitrogen and oxygen atoms in total. The molecule has 0 fully saturated rings. The number of ether oxygens (including phenoxy) is 1. The molecule has 0 spiro atoms. The van der Waals surface area contributed by atoms with Crippen LogP contribution >= 0.6 is 0 Å². The Kier molecular flexibility index (Phi) is 6.79. The van der Waals surface area contributed by atoms with E-state index in [1.807, 2.05) is 42.3 Å². The van der Waals surface area contributed by atoms with Gasteiger partial charge in [-0.25, -0.2) is 19.6 Å². The Hall–Kier alpha value is -4.71. The van der Waals surface area contributed by atoms with E-state index in [9.17, 15) is 14.4 Å². The van der Waals surface area contributed by atoms with Crippen molar-refractivity contribution in [2.24, 2.45) is 0 Å². The van der Waals surface area contributed by atoms with Crippen molar-refractivity contribution in [2.75, 3.05) is 13.2 Å². The number of carboxylic acids is 1. The van der Waals surface area contributed by atoms with E-state index in [1.54, 1.807) is 0 Å². The lowest BCUT2D eigenvalue weighted by molar-refractivity contribution is -0.130. The van der Waals surface area contributed by atoms with Gasteiger partial charge in [0.15, 0.2) is 0 Å². The quantitative estimate of drug-likeness (QED) is 0.485. The molecule has 3 N–H and O–H groups in total. The predicted octanol–water partition coefficient (Wildman–Crippen LogP) is 2.33. The van der Waals surface area contributed by atoms with E-state index in [1.165, 1.54) is 12.4 Å². The highest BCUT2D eigenvalue weighted by atomic mass is 16.5. The van der Waals surface area contributed by atoms with Crippen LogP contribution in [0.15, 0.2) is 60.9 Å². The van der Waals surface area contributed by atoms with E-state index >= 15 is 0 Å². The topological polar surface area (TPSA) is 131 Å². The maximum Gasteiger partial charge on any atom is 0.407 e. The molecule has 1 aliphatic rings. The van der Waals surface area contributed by atoms with E-state index in [2.05, 4.69) is 38.7 Å². The van der Waals surface area contributed by atoms with Crippen LogP contribution in [0.1, 0.15) is 33.2 Å². The zero-order valence-electron chi connectivity index (χ0n) is 17.9. The number of carboxylic acid groups (broad SMARTS) is 1. The lowest BCUT2D eigenvalue weighted by atomic mass is 9.98. The number of fused-ring (bicyclic) bond motifs is 3. The van der Waals surface area contributed by atoms with Crippen LogP contribution in [-0.4, -0.2) is 46.2 Å². The molecular weight excluding hydrogens is 436 g/mol. The molecule has 9 heteroatoms. The molecule has 2 aromatic carbocycles. The van der Waals surface area contributed by atoms with Crippen molar-refractivity contribution in [3.8, 4) is 23.0 Å². The highest BCUT2D eigenvalue weighted by molar-refractivity contribution is 5.94. The summed E-state index contributed by atoms with van der Waals surface area (Å²) in [7, 11) is 0. The fourth-order valence-electron chi connectivity index (χ4n) is 3.71. The Morgan fingerprint density at radius 3 is 2.18 bits per heavy atom. The number of carbonyl (C=O) groups excluding carboxylic acids is 2. The SMILES string of the molecule is O=C(O)C#CCNC(=O)c1cnc(CNC(=O)OCC2c3ccccc3-c3ccccc32)nc1. The summed E-state index contributed by atoms with van der Waals surface area (Å²) in [6.07, 6.45) is 2.02. The third kappa shape index (κ3) is 5.19. The van der Waals surface area contributed by atoms with Crippen molar-refractivity contribution >= 4 is 18.0 Å². The Balaban J connectivity index is 1.28. The van der Waals surface area contributed by atoms with Crippen molar-refractivity contribution in [3.05, 3.63) is 83.4 Å². The van der Waals surface area contributed by atoms with Crippen LogP contribution < -0.4 is 10.6 Å². The minimum atomic E-state index is -1.27. The fraction of sp³-hybridized carbons (Fsp3) is 0.160. The number of hydrogen-bond acceptors (Lipinski definition) is 6. The fourth-order valence-corrected chi connectivity index (χ4v) is 3.71. The van der Waals surface area contributed by atoms with Crippen molar-refractivity contribution in [1.29, 1.82) is 0 Å². The standard InChI is InChI=1S/C25H20N4O5/c30-23(31)10-5-11-26-24(32)16-12-27-22(28-13-16)14-29-25(33)34-15-21-19-8-3-1-6-17(19)18-7-2-4-9-20(18)21/h1-4,6-9,12-13,21H,11,14-15H2,(H,26,32)(H,29,33)(H,30,31). The van der Waals surface area contributed by atoms with E-state index in [0.717, 1.165) is 22.3 Å². The molecular formula is C25H20N4O5. The number of nitrogens with zero attached hydrogens (tertiary/aromatic N) is 2. The first-order valence-corrected chi connectivity index (χ1v) is 10.4. The molecule has 0 saturated carbocycles. The molecule has 4 rings (SSSR count). The van der Waals surface area contributed by atoms with Crippen LogP contribution in [0.5, 0.6) is 0 Å². The first-order valence-electron chi connectivity index (χ1n) is 10.4. The summed E-state index contributed by atoms with van der Waals surface area (Å²) in [6, 6.07) is 16.2. The first kappa shape index (κ1) is 22.5. The highest BCUT2D eigenvalue weighted by Gasteiger charge is 2.28. The average Bonchev–Trinajstić information content (AvgIpc) is 3.18. The third-order valence-electron chi connectivity index (χ3n) is 5.23. The van der Waals surface area contributed by atoms with Gasteiger partial charge in [0.1, 0.15) is 12.4 Å². The number of aromatic nitrogens is 2. The van der Waals surface area contributed by atoms with Gasteiger partial charge >= 0.3 is 12.1 Å². The summed E-state index contributed by atoms with van der Waals surface area (Å²) >= 11 is 0. The summed E-state index contributed by atoms with van der Waals surface area (Å²) in [5.41, 5.74) is 4.74. The van der Waals surface area contributed by atoms with Crippen LogP contribution in [0.2, 0.25) is 0 Å². The van der Waals surface area contributed by atoms with Gasteiger partial charge in [0.25, 0.3) is 5.91 Å². The smallest absolute Gasteiger partial charge is 0.407 e. The second-order valence-electron chi connectivity index (χ2n) is 7.36. The van der Waals surface area contributed by atoms with Crippen molar-refractivity contribution < 1.29 is 24.2 Å². The molecule has 1 heterocycles. The van der Waals surface area contributed by atoms with Crippen molar-refractivity contribution in [3.63, 3.8) is 0 Å². The van der Waals surface area contributed by atoms with Crippen LogP contribution in [-0.2, 0) is 16.1 Å². The van der Waals surface area contributed by atoms with E-state index < -0.39 is 18.0 Å². The van der Waals surface area contributed by atoms with Crippen LogP contribution in [0.3, 0.4) is 0 Å². The lowest BCUT2D eigenvalue weighted by Gasteiger charge is -2.14. The number of aliphatic carboxylic acids is 1. The summed E-state index contributed by atoms with van der Waals surface area (Å²) in [4.78, 5) is 42.6. The van der Waals surface area contributed by atoms with Gasteiger partial charge in [0, 0.05) is 24.2 Å². The van der Waals surface area contributed by atoms with Gasteiger partial charge in [0.05, 0.1) is 18.7 Å². The molecule has 170 valence electrons. The van der Waals surface area contributed by atoms with Crippen LogP contribution in [0.4, 0.5) is 4.79 Å². The van der Waals surface area contributed by atoms with Crippen molar-refractivity contribution in [1.82, 2.24) is 20.6 Å². The number of rotatable bonds is 6. The average molecular weight is 456 g/mol. The lowest BCUT2D eigenvalue weighted by Crippen LogP contribution is -2.27. The van der Waals surface area contributed by atoms with Gasteiger partial charge in [-0.1, -0.05) is 54.5 Å². The maximum atomic E-state index is 12.3. The highest BCUT2D eigenvalue weighted by Crippen LogP contribution is 2.44. The third-order valence-corrected chi connectivity index (χ3v) is 5.23. The number of amides is 2. The second kappa shape index (κ2) is 10.3. The molecule has 1 aliphatic carbocycles. The van der Waals surface area contributed by atoms with E-state index in [0.29, 0.717) is 5.82 Å². The predicted molar refractivity (Wildman–Crippen MR) is 122 cm³/mol. The van der Waals surface area contributed by atoms with Gasteiger partial charge in [-0.05, 0) is 22.3 Å². The zero-order chi connectivity index (χ0) is 23.9. The molecule has 0 atom stereocenters. The normalized spacial score (nSPS) is 11.4. The largest absolute Gasteiger partial charge is 0.472 e. The number of alkyl carbamates (subject to hydrolysis) is 1. The molecule has 0 aliphatic heterocycles. The number of nitrogens with one attached hydrogen (secondary N) is 2. The summed E-state index contributed by atoms with van der Waals surface area (Å²) in [5.74, 6) is 2.69.